The van der Waals surface area contributed by atoms with Gasteiger partial charge in [-0.05, 0) is 78.9 Å². The van der Waals surface area contributed by atoms with Crippen LogP contribution in [0.1, 0.15) is 40.4 Å². The minimum atomic E-state index is -0.253. The summed E-state index contributed by atoms with van der Waals surface area (Å²) in [7, 11) is 0. The van der Waals surface area contributed by atoms with Crippen LogP contribution in [0.15, 0.2) is 59.6 Å². The number of benzene rings is 3. The number of hydrogen-bond acceptors (Lipinski definition) is 6. The molecule has 0 fully saturated rings. The van der Waals surface area contributed by atoms with Gasteiger partial charge in [0.15, 0.2) is 0 Å². The van der Waals surface area contributed by atoms with Crippen LogP contribution in [0.3, 0.4) is 0 Å². The lowest BCUT2D eigenvalue weighted by Gasteiger charge is -2.25. The van der Waals surface area contributed by atoms with Gasteiger partial charge in [0, 0.05) is 41.9 Å². The lowest BCUT2D eigenvalue weighted by atomic mass is 9.97. The van der Waals surface area contributed by atoms with Gasteiger partial charge in [-0.2, -0.15) is 4.98 Å². The van der Waals surface area contributed by atoms with Crippen molar-refractivity contribution in [1.82, 2.24) is 9.97 Å². The Hall–Kier alpha value is -4.26. The topological polar surface area (TPSA) is 76.6 Å². The average molecular weight is 508 g/mol. The number of nitrogens with two attached hydrogens (primary N) is 1. The molecule has 2 aliphatic rings. The van der Waals surface area contributed by atoms with Gasteiger partial charge in [-0.3, -0.25) is 4.99 Å². The highest BCUT2D eigenvalue weighted by Gasteiger charge is 2.24. The van der Waals surface area contributed by atoms with Crippen LogP contribution in [-0.4, -0.2) is 28.8 Å². The molecule has 6 rings (SSSR count). The Kier molecular flexibility index (Phi) is 6.06. The number of nitrogen functional groups attached to an aromatic ring is 1. The van der Waals surface area contributed by atoms with Crippen LogP contribution in [-0.2, 0) is 19.4 Å². The smallest absolute Gasteiger partial charge is 0.222 e. The maximum absolute atomic E-state index is 13.5. The third kappa shape index (κ3) is 4.60. The third-order valence-corrected chi connectivity index (χ3v) is 7.30. The molecule has 2 N–H and O–H groups in total. The van der Waals surface area contributed by atoms with Gasteiger partial charge in [0.2, 0.25) is 5.95 Å². The Morgan fingerprint density at radius 2 is 1.76 bits per heavy atom. The highest BCUT2D eigenvalue weighted by Crippen LogP contribution is 2.37. The summed E-state index contributed by atoms with van der Waals surface area (Å²) < 4.78 is 19.8. The number of ether oxygens (including phenoxy) is 1. The molecule has 192 valence electrons. The van der Waals surface area contributed by atoms with E-state index in [-0.39, 0.29) is 11.8 Å². The Morgan fingerprint density at radius 1 is 0.947 bits per heavy atom. The molecule has 0 amide bonds. The summed E-state index contributed by atoms with van der Waals surface area (Å²) in [4.78, 5) is 16.1. The first-order valence-corrected chi connectivity index (χ1v) is 12.9. The van der Waals surface area contributed by atoms with Gasteiger partial charge in [0.1, 0.15) is 24.0 Å². The van der Waals surface area contributed by atoms with Crippen molar-refractivity contribution in [3.8, 4) is 16.9 Å². The molecule has 0 saturated carbocycles. The van der Waals surface area contributed by atoms with Crippen LogP contribution in [0, 0.1) is 19.7 Å². The zero-order valence-corrected chi connectivity index (χ0v) is 21.9. The van der Waals surface area contributed by atoms with E-state index in [2.05, 4.69) is 59.0 Å². The van der Waals surface area contributed by atoms with E-state index in [1.165, 1.54) is 17.7 Å². The standard InChI is InChI=1S/C31H30FN5O/c1-18-12-24(22-6-7-23-13-19(2)34-28(23)16-22)15-25-17-37(10-11-38-29(18)25)30-27(20(3)35-31(33)36-30)14-21-4-8-26(32)9-5-21/h4-9,12,15-16H,10-11,13-14,17H2,1-3H3,(H2,33,35,36). The van der Waals surface area contributed by atoms with E-state index in [9.17, 15) is 4.39 Å². The molecule has 6 nitrogen and oxygen atoms in total. The molecular weight excluding hydrogens is 477 g/mol. The summed E-state index contributed by atoms with van der Waals surface area (Å²) in [6, 6.07) is 17.5. The van der Waals surface area contributed by atoms with Gasteiger partial charge in [-0.25, -0.2) is 9.37 Å². The van der Waals surface area contributed by atoms with Gasteiger partial charge in [0.25, 0.3) is 0 Å². The van der Waals surface area contributed by atoms with Crippen molar-refractivity contribution >= 4 is 23.2 Å². The molecule has 0 unspecified atom stereocenters. The van der Waals surface area contributed by atoms with E-state index in [0.717, 1.165) is 68.5 Å². The first-order valence-electron chi connectivity index (χ1n) is 12.9. The molecule has 0 aliphatic carbocycles. The van der Waals surface area contributed by atoms with Gasteiger partial charge in [-0.1, -0.05) is 24.3 Å². The summed E-state index contributed by atoms with van der Waals surface area (Å²) in [5.41, 5.74) is 16.9. The van der Waals surface area contributed by atoms with E-state index < -0.39 is 0 Å². The fraction of sp³-hybridized carbons (Fsp3) is 0.258. The van der Waals surface area contributed by atoms with Crippen LogP contribution >= 0.6 is 0 Å². The molecule has 0 saturated heterocycles. The zero-order valence-electron chi connectivity index (χ0n) is 21.9. The molecule has 0 spiro atoms. The maximum Gasteiger partial charge on any atom is 0.222 e. The summed E-state index contributed by atoms with van der Waals surface area (Å²) in [6.07, 6.45) is 1.50. The van der Waals surface area contributed by atoms with Crippen LogP contribution in [0.5, 0.6) is 5.75 Å². The molecule has 7 heteroatoms. The lowest BCUT2D eigenvalue weighted by Crippen LogP contribution is -2.28. The molecule has 1 aromatic heterocycles. The second kappa shape index (κ2) is 9.56. The number of hydrogen-bond donors (Lipinski definition) is 1. The van der Waals surface area contributed by atoms with Crippen LogP contribution in [0.25, 0.3) is 11.1 Å². The van der Waals surface area contributed by atoms with E-state index in [4.69, 9.17) is 15.5 Å². The minimum absolute atomic E-state index is 0.240. The van der Waals surface area contributed by atoms with Crippen molar-refractivity contribution in [3.05, 3.63) is 93.9 Å². The van der Waals surface area contributed by atoms with Crippen molar-refractivity contribution < 1.29 is 9.13 Å². The monoisotopic (exact) mass is 507 g/mol. The van der Waals surface area contributed by atoms with Crippen LogP contribution in [0.2, 0.25) is 0 Å². The van der Waals surface area contributed by atoms with Gasteiger partial charge >= 0.3 is 0 Å². The second-order valence-electron chi connectivity index (χ2n) is 10.2. The number of fused-ring (bicyclic) bond motifs is 2. The molecule has 2 aliphatic heterocycles. The largest absolute Gasteiger partial charge is 0.491 e. The molecule has 0 bridgehead atoms. The van der Waals surface area contributed by atoms with Gasteiger partial charge < -0.3 is 15.4 Å². The fourth-order valence-electron chi connectivity index (χ4n) is 5.46. The molecule has 4 aromatic rings. The SMILES string of the molecule is CC1=Nc2cc(-c3cc(C)c4c(c3)CN(c3nc(N)nc(C)c3Cc3ccc(F)cc3)CCO4)ccc2C1. The van der Waals surface area contributed by atoms with E-state index >= 15 is 0 Å². The van der Waals surface area contributed by atoms with Crippen molar-refractivity contribution in [1.29, 1.82) is 0 Å². The lowest BCUT2D eigenvalue weighted by molar-refractivity contribution is 0.329. The van der Waals surface area contributed by atoms with Crippen molar-refractivity contribution in [3.63, 3.8) is 0 Å². The highest BCUT2D eigenvalue weighted by atomic mass is 19.1. The maximum atomic E-state index is 13.5. The average Bonchev–Trinajstić information content (AvgIpc) is 3.12. The predicted molar refractivity (Wildman–Crippen MR) is 150 cm³/mol. The quantitative estimate of drug-likeness (QED) is 0.360. The van der Waals surface area contributed by atoms with Crippen LogP contribution in [0.4, 0.5) is 21.8 Å². The Balaban J connectivity index is 1.38. The predicted octanol–water partition coefficient (Wildman–Crippen LogP) is 6.12. The van der Waals surface area contributed by atoms with Crippen molar-refractivity contribution in [2.45, 2.75) is 40.2 Å². The number of aryl methyl sites for hydroxylation is 2. The molecular formula is C31H30FN5O. The molecule has 0 atom stereocenters. The number of aliphatic imine (C=N–C) groups is 1. The first-order chi connectivity index (χ1) is 18.3. The number of rotatable bonds is 4. The number of aromatic nitrogens is 2. The number of anilines is 2. The molecule has 3 aromatic carbocycles. The Bertz CT molecular complexity index is 1580. The fourth-order valence-corrected chi connectivity index (χ4v) is 5.46. The van der Waals surface area contributed by atoms with Gasteiger partial charge in [0.05, 0.1) is 12.2 Å². The minimum Gasteiger partial charge on any atom is -0.491 e. The van der Waals surface area contributed by atoms with E-state index in [0.29, 0.717) is 26.1 Å². The summed E-state index contributed by atoms with van der Waals surface area (Å²) in [5, 5.41) is 0. The second-order valence-corrected chi connectivity index (χ2v) is 10.2. The summed E-state index contributed by atoms with van der Waals surface area (Å²) in [6.45, 7) is 7.92. The van der Waals surface area contributed by atoms with Crippen molar-refractivity contribution in [2.24, 2.45) is 4.99 Å². The summed E-state index contributed by atoms with van der Waals surface area (Å²) in [5.74, 6) is 1.70. The third-order valence-electron chi connectivity index (χ3n) is 7.30. The summed E-state index contributed by atoms with van der Waals surface area (Å²) >= 11 is 0. The van der Waals surface area contributed by atoms with Crippen LogP contribution < -0.4 is 15.4 Å². The number of halogens is 1. The Labute approximate surface area is 222 Å². The first kappa shape index (κ1) is 24.1. The Morgan fingerprint density at radius 3 is 2.58 bits per heavy atom. The van der Waals surface area contributed by atoms with E-state index in [1.54, 1.807) is 12.1 Å². The highest BCUT2D eigenvalue weighted by molar-refractivity contribution is 5.93. The zero-order chi connectivity index (χ0) is 26.4. The van der Waals surface area contributed by atoms with Gasteiger partial charge in [-0.15, -0.1) is 0 Å². The number of nitrogens with zero attached hydrogens (tertiary/aromatic N) is 4. The normalized spacial score (nSPS) is 14.4. The molecule has 0 radical (unpaired) electrons. The molecule has 3 heterocycles. The van der Waals surface area contributed by atoms with Crippen molar-refractivity contribution in [2.75, 3.05) is 23.8 Å². The van der Waals surface area contributed by atoms with E-state index in [1.807, 2.05) is 6.92 Å². The molecule has 38 heavy (non-hydrogen) atoms.